The van der Waals surface area contributed by atoms with E-state index in [2.05, 4.69) is 4.74 Å². The molecule has 0 saturated carbocycles. The van der Waals surface area contributed by atoms with Crippen molar-refractivity contribution in [3.63, 3.8) is 0 Å². The maximum atomic E-state index is 11.8. The number of carbonyl (C=O) groups excluding carboxylic acids is 1. The van der Waals surface area contributed by atoms with Crippen molar-refractivity contribution in [2.24, 2.45) is 0 Å². The van der Waals surface area contributed by atoms with Gasteiger partial charge in [0.2, 0.25) is 0 Å². The molecule has 2 N–H and O–H groups in total. The normalized spacial score (nSPS) is 10.8. The van der Waals surface area contributed by atoms with Crippen LogP contribution in [0.25, 0.3) is 0 Å². The molecule has 7 nitrogen and oxygen atoms in total. The van der Waals surface area contributed by atoms with E-state index in [1.807, 2.05) is 0 Å². The van der Waals surface area contributed by atoms with Crippen LogP contribution in [0, 0.1) is 0 Å². The lowest BCUT2D eigenvalue weighted by Crippen LogP contribution is -2.41. The fourth-order valence-electron chi connectivity index (χ4n) is 1.14. The molecule has 8 heteroatoms. The van der Waals surface area contributed by atoms with Gasteiger partial charge >= 0.3 is 16.3 Å². The van der Waals surface area contributed by atoms with Gasteiger partial charge in [-0.3, -0.25) is 4.31 Å². The maximum absolute atomic E-state index is 11.8. The first-order valence-electron chi connectivity index (χ1n) is 5.09. The maximum Gasteiger partial charge on any atom is 0.422 e. The van der Waals surface area contributed by atoms with Gasteiger partial charge in [0, 0.05) is 7.05 Å². The number of phenols is 1. The van der Waals surface area contributed by atoms with E-state index in [1.54, 1.807) is 11.6 Å². The summed E-state index contributed by atoms with van der Waals surface area (Å²) in [5.74, 6) is 0.0166. The molecule has 0 aromatic heterocycles. The number of phenolic OH excluding ortho intramolecular Hbond substituents is 1. The van der Waals surface area contributed by atoms with Crippen molar-refractivity contribution < 1.29 is 23.1 Å². The van der Waals surface area contributed by atoms with Crippen LogP contribution >= 0.6 is 0 Å². The highest BCUT2D eigenvalue weighted by molar-refractivity contribution is 7.91. The van der Waals surface area contributed by atoms with Gasteiger partial charge in [-0.15, -0.1) is 0 Å². The molecule has 0 saturated heterocycles. The van der Waals surface area contributed by atoms with Crippen LogP contribution in [0.3, 0.4) is 0 Å². The van der Waals surface area contributed by atoms with Crippen molar-refractivity contribution in [3.05, 3.63) is 24.3 Å². The number of nitrogens with one attached hydrogen (secondary N) is 1. The minimum Gasteiger partial charge on any atom is -0.508 e. The number of amides is 1. The second-order valence-electron chi connectivity index (χ2n) is 3.31. The molecule has 0 aliphatic carbocycles. The zero-order valence-electron chi connectivity index (χ0n) is 9.95. The highest BCUT2D eigenvalue weighted by Gasteiger charge is 2.21. The Morgan fingerprint density at radius 3 is 2.44 bits per heavy atom. The summed E-state index contributed by atoms with van der Waals surface area (Å²) in [7, 11) is -2.75. The van der Waals surface area contributed by atoms with E-state index in [-0.39, 0.29) is 12.4 Å². The minimum atomic E-state index is -4.02. The van der Waals surface area contributed by atoms with Gasteiger partial charge in [0.25, 0.3) is 0 Å². The number of anilines is 1. The molecule has 0 radical (unpaired) electrons. The first kappa shape index (κ1) is 14.1. The summed E-state index contributed by atoms with van der Waals surface area (Å²) in [6.07, 6.45) is -1.04. The van der Waals surface area contributed by atoms with Crippen molar-refractivity contribution in [2.45, 2.75) is 6.92 Å². The molecule has 0 unspecified atom stereocenters. The quantitative estimate of drug-likeness (QED) is 0.847. The molecule has 0 atom stereocenters. The number of nitrogens with zero attached hydrogens (tertiary/aromatic N) is 1. The third kappa shape index (κ3) is 3.52. The Kier molecular flexibility index (Phi) is 4.38. The number of hydrogen-bond acceptors (Lipinski definition) is 5. The van der Waals surface area contributed by atoms with Gasteiger partial charge < -0.3 is 9.84 Å². The van der Waals surface area contributed by atoms with Crippen LogP contribution in [0.1, 0.15) is 6.92 Å². The van der Waals surface area contributed by atoms with Gasteiger partial charge in [-0.1, -0.05) is 0 Å². The second-order valence-corrected chi connectivity index (χ2v) is 5.01. The van der Waals surface area contributed by atoms with Crippen molar-refractivity contribution in [2.75, 3.05) is 18.0 Å². The number of benzene rings is 1. The van der Waals surface area contributed by atoms with Gasteiger partial charge in [-0.25, -0.2) is 9.52 Å². The molecule has 1 aromatic carbocycles. The third-order valence-corrected chi connectivity index (χ3v) is 3.42. The molecule has 0 heterocycles. The van der Waals surface area contributed by atoms with Crippen LogP contribution in [0.5, 0.6) is 5.75 Å². The Labute approximate surface area is 105 Å². The lowest BCUT2D eigenvalue weighted by atomic mass is 10.3. The predicted molar refractivity (Wildman–Crippen MR) is 65.6 cm³/mol. The van der Waals surface area contributed by atoms with Crippen LogP contribution in [-0.4, -0.2) is 33.3 Å². The molecule has 0 aliphatic heterocycles. The number of ether oxygens (including phenoxy) is 1. The zero-order chi connectivity index (χ0) is 13.8. The van der Waals surface area contributed by atoms with Crippen LogP contribution < -0.4 is 9.03 Å². The van der Waals surface area contributed by atoms with E-state index >= 15 is 0 Å². The van der Waals surface area contributed by atoms with Gasteiger partial charge in [0.15, 0.2) is 0 Å². The minimum absolute atomic E-state index is 0.0166. The van der Waals surface area contributed by atoms with E-state index in [9.17, 15) is 13.2 Å². The summed E-state index contributed by atoms with van der Waals surface area (Å²) in [5.41, 5.74) is 0.296. The van der Waals surface area contributed by atoms with E-state index in [0.717, 1.165) is 4.31 Å². The summed E-state index contributed by atoms with van der Waals surface area (Å²) < 4.78 is 30.6. The monoisotopic (exact) mass is 274 g/mol. The fourth-order valence-corrected chi connectivity index (χ4v) is 1.94. The van der Waals surface area contributed by atoms with E-state index in [1.165, 1.54) is 31.3 Å². The Morgan fingerprint density at radius 1 is 1.39 bits per heavy atom. The SMILES string of the molecule is CCOC(=O)NS(=O)(=O)N(C)c1ccc(O)cc1. The molecular weight excluding hydrogens is 260 g/mol. The summed E-state index contributed by atoms with van der Waals surface area (Å²) in [6, 6.07) is 5.48. The van der Waals surface area contributed by atoms with Gasteiger partial charge in [0.05, 0.1) is 12.3 Å². The molecule has 0 spiro atoms. The lowest BCUT2D eigenvalue weighted by molar-refractivity contribution is 0.158. The molecule has 100 valence electrons. The summed E-state index contributed by atoms with van der Waals surface area (Å²) in [5, 5.41) is 9.10. The average Bonchev–Trinajstić information content (AvgIpc) is 2.28. The Balaban J connectivity index is 2.85. The Bertz CT molecular complexity index is 512. The molecule has 1 aromatic rings. The molecule has 0 bridgehead atoms. The summed E-state index contributed by atoms with van der Waals surface area (Å²) in [6.45, 7) is 1.64. The smallest absolute Gasteiger partial charge is 0.422 e. The standard InChI is InChI=1S/C10H14N2O5S/c1-3-17-10(14)11-18(15,16)12(2)8-4-6-9(13)7-5-8/h4-7,13H,3H2,1-2H3,(H,11,14). The number of aromatic hydroxyl groups is 1. The van der Waals surface area contributed by atoms with E-state index < -0.39 is 16.3 Å². The van der Waals surface area contributed by atoms with E-state index in [4.69, 9.17) is 5.11 Å². The average molecular weight is 274 g/mol. The molecule has 0 aliphatic rings. The first-order valence-corrected chi connectivity index (χ1v) is 6.53. The molecule has 1 rings (SSSR count). The molecule has 18 heavy (non-hydrogen) atoms. The van der Waals surface area contributed by atoms with Crippen LogP contribution in [0.4, 0.5) is 10.5 Å². The Morgan fingerprint density at radius 2 is 1.94 bits per heavy atom. The topological polar surface area (TPSA) is 95.9 Å². The predicted octanol–water partition coefficient (Wildman–Crippen LogP) is 0.819. The highest BCUT2D eigenvalue weighted by atomic mass is 32.2. The van der Waals surface area contributed by atoms with Crippen molar-refractivity contribution >= 4 is 22.0 Å². The lowest BCUT2D eigenvalue weighted by Gasteiger charge is -2.19. The number of hydrogen-bond donors (Lipinski definition) is 2. The largest absolute Gasteiger partial charge is 0.508 e. The second kappa shape index (κ2) is 5.58. The van der Waals surface area contributed by atoms with Crippen molar-refractivity contribution in [1.29, 1.82) is 0 Å². The zero-order valence-corrected chi connectivity index (χ0v) is 10.8. The van der Waals surface area contributed by atoms with E-state index in [0.29, 0.717) is 5.69 Å². The van der Waals surface area contributed by atoms with Crippen LogP contribution in [0.2, 0.25) is 0 Å². The highest BCUT2D eigenvalue weighted by Crippen LogP contribution is 2.18. The molecule has 0 fully saturated rings. The number of rotatable bonds is 4. The van der Waals surface area contributed by atoms with Crippen LogP contribution in [0.15, 0.2) is 24.3 Å². The van der Waals surface area contributed by atoms with Gasteiger partial charge in [-0.05, 0) is 31.2 Å². The molecular formula is C10H14N2O5S. The summed E-state index contributed by atoms with van der Waals surface area (Å²) >= 11 is 0. The Hall–Kier alpha value is -1.96. The van der Waals surface area contributed by atoms with Crippen molar-refractivity contribution in [3.8, 4) is 5.75 Å². The van der Waals surface area contributed by atoms with Gasteiger partial charge in [0.1, 0.15) is 5.75 Å². The van der Waals surface area contributed by atoms with Crippen LogP contribution in [-0.2, 0) is 14.9 Å². The fraction of sp³-hybridized carbons (Fsp3) is 0.300. The van der Waals surface area contributed by atoms with Gasteiger partial charge in [-0.2, -0.15) is 8.42 Å². The third-order valence-electron chi connectivity index (χ3n) is 2.06. The summed E-state index contributed by atoms with van der Waals surface area (Å²) in [4.78, 5) is 11.1. The molecule has 1 amide bonds. The number of carbonyl (C=O) groups is 1. The van der Waals surface area contributed by atoms with Crippen molar-refractivity contribution in [1.82, 2.24) is 4.72 Å². The first-order chi connectivity index (χ1) is 8.36.